The number of hydrogen-bond acceptors (Lipinski definition) is 1. The molecule has 0 aliphatic carbocycles. The molecule has 0 N–H and O–H groups in total. The van der Waals surface area contributed by atoms with Gasteiger partial charge in [0.15, 0.2) is 0 Å². The molecule has 0 bridgehead atoms. The summed E-state index contributed by atoms with van der Waals surface area (Å²) in [5.41, 5.74) is 4.21. The summed E-state index contributed by atoms with van der Waals surface area (Å²) in [6, 6.07) is 17.4. The molecule has 19 heavy (non-hydrogen) atoms. The van der Waals surface area contributed by atoms with Gasteiger partial charge in [-0.2, -0.15) is 0 Å². The van der Waals surface area contributed by atoms with E-state index in [4.69, 9.17) is 0 Å². The van der Waals surface area contributed by atoms with Crippen molar-refractivity contribution in [2.45, 2.75) is 19.3 Å². The lowest BCUT2D eigenvalue weighted by Gasteiger charge is -2.21. The molecular formula is C17H18BrN. The molecule has 2 heteroatoms. The largest absolute Gasteiger partial charge is 0.371 e. The normalized spacial score (nSPS) is 18.8. The van der Waals surface area contributed by atoms with E-state index >= 15 is 0 Å². The van der Waals surface area contributed by atoms with Gasteiger partial charge in [0, 0.05) is 29.2 Å². The fraction of sp³-hybridized carbons (Fsp3) is 0.294. The van der Waals surface area contributed by atoms with E-state index in [2.05, 4.69) is 76.3 Å². The van der Waals surface area contributed by atoms with Crippen molar-refractivity contribution in [3.8, 4) is 0 Å². The molecule has 1 heterocycles. The Morgan fingerprint density at radius 1 is 1.11 bits per heavy atom. The third-order valence-corrected chi connectivity index (χ3v) is 4.46. The van der Waals surface area contributed by atoms with Crippen molar-refractivity contribution in [2.75, 3.05) is 18.0 Å². The Labute approximate surface area is 123 Å². The summed E-state index contributed by atoms with van der Waals surface area (Å²) >= 11 is 3.57. The van der Waals surface area contributed by atoms with Crippen molar-refractivity contribution >= 4 is 21.6 Å². The Balaban J connectivity index is 1.79. The van der Waals surface area contributed by atoms with E-state index in [0.717, 1.165) is 13.1 Å². The van der Waals surface area contributed by atoms with E-state index < -0.39 is 0 Å². The molecule has 0 aromatic heterocycles. The van der Waals surface area contributed by atoms with Crippen molar-refractivity contribution in [2.24, 2.45) is 0 Å². The van der Waals surface area contributed by atoms with E-state index in [1.54, 1.807) is 0 Å². The molecule has 1 aliphatic heterocycles. The van der Waals surface area contributed by atoms with Crippen LogP contribution in [-0.4, -0.2) is 13.1 Å². The van der Waals surface area contributed by atoms with Crippen molar-refractivity contribution in [1.29, 1.82) is 0 Å². The first kappa shape index (κ1) is 12.7. The van der Waals surface area contributed by atoms with Crippen LogP contribution in [0.2, 0.25) is 0 Å². The van der Waals surface area contributed by atoms with Gasteiger partial charge in [-0.1, -0.05) is 46.3 Å². The topological polar surface area (TPSA) is 3.24 Å². The van der Waals surface area contributed by atoms with Gasteiger partial charge in [-0.25, -0.2) is 0 Å². The maximum atomic E-state index is 3.57. The molecule has 1 fully saturated rings. The van der Waals surface area contributed by atoms with Gasteiger partial charge in [0.25, 0.3) is 0 Å². The summed E-state index contributed by atoms with van der Waals surface area (Å²) in [6.45, 7) is 4.48. The molecule has 1 atom stereocenters. The molecule has 3 rings (SSSR count). The summed E-state index contributed by atoms with van der Waals surface area (Å²) < 4.78 is 1.18. The third kappa shape index (κ3) is 2.69. The molecule has 0 spiro atoms. The zero-order chi connectivity index (χ0) is 13.2. The van der Waals surface area contributed by atoms with Crippen LogP contribution >= 0.6 is 15.9 Å². The van der Waals surface area contributed by atoms with Crippen molar-refractivity contribution in [1.82, 2.24) is 0 Å². The molecule has 1 unspecified atom stereocenters. The van der Waals surface area contributed by atoms with E-state index in [1.165, 1.54) is 27.7 Å². The van der Waals surface area contributed by atoms with Crippen LogP contribution in [0.1, 0.15) is 23.5 Å². The summed E-state index contributed by atoms with van der Waals surface area (Å²) in [7, 11) is 0. The molecule has 2 aromatic rings. The van der Waals surface area contributed by atoms with Gasteiger partial charge in [-0.3, -0.25) is 0 Å². The highest BCUT2D eigenvalue weighted by molar-refractivity contribution is 9.10. The number of hydrogen-bond donors (Lipinski definition) is 0. The first-order chi connectivity index (χ1) is 9.24. The van der Waals surface area contributed by atoms with E-state index in [9.17, 15) is 0 Å². The molecule has 0 saturated carbocycles. The fourth-order valence-corrected chi connectivity index (χ4v) is 3.35. The zero-order valence-electron chi connectivity index (χ0n) is 11.1. The van der Waals surface area contributed by atoms with Gasteiger partial charge in [-0.05, 0) is 42.7 Å². The standard InChI is InChI=1S/C17H18BrN/c1-13-5-2-3-8-17(13)19-10-9-15(12-19)14-6-4-7-16(18)11-14/h2-8,11,15H,9-10,12H2,1H3. The minimum absolute atomic E-state index is 0.650. The maximum Gasteiger partial charge on any atom is 0.0396 e. The second-order valence-corrected chi connectivity index (χ2v) is 6.19. The Morgan fingerprint density at radius 2 is 1.95 bits per heavy atom. The lowest BCUT2D eigenvalue weighted by atomic mass is 9.99. The van der Waals surface area contributed by atoms with Gasteiger partial charge in [0.1, 0.15) is 0 Å². The number of anilines is 1. The van der Waals surface area contributed by atoms with Crippen LogP contribution in [-0.2, 0) is 0 Å². The molecule has 1 nitrogen and oxygen atoms in total. The van der Waals surface area contributed by atoms with Crippen LogP contribution in [0, 0.1) is 6.92 Å². The van der Waals surface area contributed by atoms with Crippen LogP contribution in [0.25, 0.3) is 0 Å². The Hall–Kier alpha value is -1.28. The summed E-state index contributed by atoms with van der Waals surface area (Å²) in [5.74, 6) is 0.650. The SMILES string of the molecule is Cc1ccccc1N1CCC(c2cccc(Br)c2)C1. The van der Waals surface area contributed by atoms with Gasteiger partial charge in [0.05, 0.1) is 0 Å². The first-order valence-corrected chi connectivity index (χ1v) is 7.59. The minimum Gasteiger partial charge on any atom is -0.371 e. The van der Waals surface area contributed by atoms with Gasteiger partial charge in [0.2, 0.25) is 0 Å². The van der Waals surface area contributed by atoms with Gasteiger partial charge >= 0.3 is 0 Å². The average molecular weight is 316 g/mol. The lowest BCUT2D eigenvalue weighted by Crippen LogP contribution is -2.20. The molecule has 0 amide bonds. The molecule has 98 valence electrons. The zero-order valence-corrected chi connectivity index (χ0v) is 12.7. The summed E-state index contributed by atoms with van der Waals surface area (Å²) in [4.78, 5) is 2.51. The monoisotopic (exact) mass is 315 g/mol. The highest BCUT2D eigenvalue weighted by Gasteiger charge is 2.24. The summed E-state index contributed by atoms with van der Waals surface area (Å²) in [6.07, 6.45) is 1.24. The smallest absolute Gasteiger partial charge is 0.0396 e. The van der Waals surface area contributed by atoms with Crippen molar-refractivity contribution in [3.63, 3.8) is 0 Å². The Morgan fingerprint density at radius 3 is 2.74 bits per heavy atom. The molecule has 0 radical (unpaired) electrons. The Bertz CT molecular complexity index is 579. The quantitative estimate of drug-likeness (QED) is 0.773. The second-order valence-electron chi connectivity index (χ2n) is 5.27. The van der Waals surface area contributed by atoms with Crippen LogP contribution in [0.3, 0.4) is 0 Å². The van der Waals surface area contributed by atoms with Crippen LogP contribution in [0.5, 0.6) is 0 Å². The highest BCUT2D eigenvalue weighted by atomic mass is 79.9. The number of rotatable bonds is 2. The second kappa shape index (κ2) is 5.38. The molecule has 2 aromatic carbocycles. The highest BCUT2D eigenvalue weighted by Crippen LogP contribution is 2.32. The molecule has 1 saturated heterocycles. The molecular weight excluding hydrogens is 298 g/mol. The lowest BCUT2D eigenvalue weighted by molar-refractivity contribution is 0.774. The van der Waals surface area contributed by atoms with E-state index in [1.807, 2.05) is 0 Å². The van der Waals surface area contributed by atoms with E-state index in [-0.39, 0.29) is 0 Å². The minimum atomic E-state index is 0.650. The Kier molecular flexibility index (Phi) is 3.61. The fourth-order valence-electron chi connectivity index (χ4n) is 2.93. The van der Waals surface area contributed by atoms with Crippen LogP contribution < -0.4 is 4.90 Å². The summed E-state index contributed by atoms with van der Waals surface area (Å²) in [5, 5.41) is 0. The van der Waals surface area contributed by atoms with Crippen molar-refractivity contribution in [3.05, 3.63) is 64.1 Å². The maximum absolute atomic E-state index is 3.57. The predicted molar refractivity (Wildman–Crippen MR) is 84.9 cm³/mol. The van der Waals surface area contributed by atoms with Crippen LogP contribution in [0.15, 0.2) is 53.0 Å². The van der Waals surface area contributed by atoms with E-state index in [0.29, 0.717) is 5.92 Å². The predicted octanol–water partition coefficient (Wildman–Crippen LogP) is 4.75. The van der Waals surface area contributed by atoms with Crippen molar-refractivity contribution < 1.29 is 0 Å². The van der Waals surface area contributed by atoms with Gasteiger partial charge < -0.3 is 4.90 Å². The number of halogens is 1. The number of benzene rings is 2. The van der Waals surface area contributed by atoms with Crippen LogP contribution in [0.4, 0.5) is 5.69 Å². The average Bonchev–Trinajstić information content (AvgIpc) is 2.89. The first-order valence-electron chi connectivity index (χ1n) is 6.80. The van der Waals surface area contributed by atoms with Gasteiger partial charge in [-0.15, -0.1) is 0 Å². The number of para-hydroxylation sites is 1. The number of aryl methyl sites for hydroxylation is 1. The number of nitrogens with zero attached hydrogens (tertiary/aromatic N) is 1. The molecule has 1 aliphatic rings. The third-order valence-electron chi connectivity index (χ3n) is 3.96.